The van der Waals surface area contributed by atoms with E-state index in [0.29, 0.717) is 22.6 Å². The summed E-state index contributed by atoms with van der Waals surface area (Å²) in [6, 6.07) is 86.8. The zero-order chi connectivity index (χ0) is 50.4. The maximum atomic E-state index is 11.5. The van der Waals surface area contributed by atoms with Crippen LogP contribution < -0.4 is 9.80 Å². The van der Waals surface area contributed by atoms with Gasteiger partial charge in [0.1, 0.15) is 17.2 Å². The minimum Gasteiger partial charge on any atom is -0.455 e. The Balaban J connectivity index is 0.988. The molecule has 0 aliphatic heterocycles. The molecule has 0 bridgehead atoms. The number of benzene rings is 11. The molecule has 0 aliphatic rings. The van der Waals surface area contributed by atoms with Gasteiger partial charge < -0.3 is 23.4 Å². The van der Waals surface area contributed by atoms with E-state index in [9.17, 15) is 5.26 Å². The van der Waals surface area contributed by atoms with Crippen molar-refractivity contribution in [2.24, 2.45) is 0 Å². The highest BCUT2D eigenvalue weighted by atomic mass is 32.1. The highest BCUT2D eigenvalue weighted by molar-refractivity contribution is 7.25. The van der Waals surface area contributed by atoms with Gasteiger partial charge in [0.2, 0.25) is 5.69 Å². The Morgan fingerprint density at radius 3 is 1.55 bits per heavy atom. The molecule has 8 heteroatoms. The van der Waals surface area contributed by atoms with Crippen LogP contribution in [0.3, 0.4) is 0 Å². The molecule has 11 aromatic carbocycles. The predicted octanol–water partition coefficient (Wildman–Crippen LogP) is 19.5. The lowest BCUT2D eigenvalue weighted by Gasteiger charge is -2.25. The largest absolute Gasteiger partial charge is 0.455 e. The van der Waals surface area contributed by atoms with Gasteiger partial charge in [-0.1, -0.05) is 109 Å². The summed E-state index contributed by atoms with van der Waals surface area (Å²) in [4.78, 5) is 8.87. The number of fused-ring (bicyclic) bond motifs is 13. The number of nitriles is 1. The number of furan rings is 1. The second-order valence-electron chi connectivity index (χ2n) is 19.1. The van der Waals surface area contributed by atoms with Crippen LogP contribution in [0, 0.1) is 17.9 Å². The number of hydrogen-bond donors (Lipinski definition) is 0. The molecule has 4 aromatic heterocycles. The summed E-state index contributed by atoms with van der Waals surface area (Å²) in [5.74, 6) is 0. The molecule has 0 N–H and O–H groups in total. The first-order chi connectivity index (χ1) is 37.6. The van der Waals surface area contributed by atoms with Crippen molar-refractivity contribution in [3.05, 3.63) is 260 Å². The van der Waals surface area contributed by atoms with E-state index in [1.54, 1.807) is 11.3 Å². The first kappa shape index (κ1) is 43.2. The number of thiophene rings is 1. The minimum absolute atomic E-state index is 0.416. The Morgan fingerprint density at radius 1 is 0.408 bits per heavy atom. The molecule has 4 heterocycles. The van der Waals surface area contributed by atoms with Crippen molar-refractivity contribution >= 4 is 137 Å². The predicted molar refractivity (Wildman–Crippen MR) is 316 cm³/mol. The van der Waals surface area contributed by atoms with Gasteiger partial charge in [-0.2, -0.15) is 5.26 Å². The average Bonchev–Trinajstić information content (AvgIpc) is 4.25. The zero-order valence-corrected chi connectivity index (χ0v) is 41.4. The van der Waals surface area contributed by atoms with Crippen molar-refractivity contribution in [2.45, 2.75) is 0 Å². The van der Waals surface area contributed by atoms with E-state index in [4.69, 9.17) is 11.0 Å². The molecule has 0 saturated heterocycles. The monoisotopic (exact) mass is 988 g/mol. The summed E-state index contributed by atoms with van der Waals surface area (Å²) in [5.41, 5.74) is 13.4. The van der Waals surface area contributed by atoms with Gasteiger partial charge in [-0.3, -0.25) is 0 Å². The van der Waals surface area contributed by atoms with E-state index in [2.05, 4.69) is 218 Å². The molecule has 354 valence electrons. The molecule has 0 unspecified atom stereocenters. The number of hydrogen-bond acceptors (Lipinski definition) is 5. The normalized spacial score (nSPS) is 11.7. The fourth-order valence-corrected chi connectivity index (χ4v) is 12.7. The maximum absolute atomic E-state index is 11.5. The minimum atomic E-state index is 0.416. The summed E-state index contributed by atoms with van der Waals surface area (Å²) >= 11 is 1.77. The molecular weight excluding hydrogens is 949 g/mol. The lowest BCUT2D eigenvalue weighted by atomic mass is 10.1. The summed E-state index contributed by atoms with van der Waals surface area (Å²) in [6.45, 7) is 8.97. The van der Waals surface area contributed by atoms with E-state index < -0.39 is 0 Å². The molecule has 0 saturated carbocycles. The fraction of sp³-hybridized carbons (Fsp3) is 0. The third kappa shape index (κ3) is 6.59. The van der Waals surface area contributed by atoms with Crippen LogP contribution in [0.15, 0.2) is 247 Å². The van der Waals surface area contributed by atoms with Crippen molar-refractivity contribution < 1.29 is 4.42 Å². The average molecular weight is 989 g/mol. The van der Waals surface area contributed by atoms with Gasteiger partial charge in [0.15, 0.2) is 0 Å². The maximum Gasteiger partial charge on any atom is 0.212 e. The van der Waals surface area contributed by atoms with Crippen molar-refractivity contribution in [3.8, 4) is 17.4 Å². The highest BCUT2D eigenvalue weighted by Gasteiger charge is 2.26. The van der Waals surface area contributed by atoms with Crippen LogP contribution in [-0.2, 0) is 0 Å². The van der Waals surface area contributed by atoms with Gasteiger partial charge in [0.05, 0.1) is 51.0 Å². The quantitative estimate of drug-likeness (QED) is 0.142. The van der Waals surface area contributed by atoms with E-state index in [0.717, 1.165) is 104 Å². The summed E-state index contributed by atoms with van der Waals surface area (Å²) < 4.78 is 13.5. The second kappa shape index (κ2) is 17.1. The van der Waals surface area contributed by atoms with E-state index in [-0.39, 0.29) is 0 Å². The smallest absolute Gasteiger partial charge is 0.212 e. The summed E-state index contributed by atoms with van der Waals surface area (Å²) in [5, 5.41) is 19.9. The van der Waals surface area contributed by atoms with Crippen molar-refractivity contribution in [1.82, 2.24) is 9.13 Å². The Labute approximate surface area is 440 Å². The lowest BCUT2D eigenvalue weighted by molar-refractivity contribution is 0.673. The molecule has 0 aliphatic carbocycles. The van der Waals surface area contributed by atoms with Gasteiger partial charge in [0, 0.05) is 81.2 Å². The third-order valence-electron chi connectivity index (χ3n) is 14.9. The van der Waals surface area contributed by atoms with Crippen LogP contribution in [0.4, 0.5) is 39.8 Å². The number of rotatable bonds is 8. The molecule has 15 aromatic rings. The number of aromatic nitrogens is 2. The van der Waals surface area contributed by atoms with Crippen molar-refractivity contribution in [3.63, 3.8) is 0 Å². The van der Waals surface area contributed by atoms with Crippen LogP contribution in [-0.4, -0.2) is 9.13 Å². The van der Waals surface area contributed by atoms with E-state index in [1.807, 2.05) is 54.6 Å². The van der Waals surface area contributed by atoms with Crippen LogP contribution in [0.5, 0.6) is 0 Å². The van der Waals surface area contributed by atoms with Gasteiger partial charge in [0.25, 0.3) is 0 Å². The summed E-state index contributed by atoms with van der Waals surface area (Å²) in [7, 11) is 0. The van der Waals surface area contributed by atoms with Crippen molar-refractivity contribution in [2.75, 3.05) is 9.80 Å². The zero-order valence-electron chi connectivity index (χ0n) is 40.6. The van der Waals surface area contributed by atoms with Crippen LogP contribution in [0.1, 0.15) is 5.56 Å². The molecule has 7 nitrogen and oxygen atoms in total. The van der Waals surface area contributed by atoms with E-state index in [1.165, 1.54) is 15.5 Å². The number of anilines is 6. The van der Waals surface area contributed by atoms with Gasteiger partial charge in [-0.15, -0.1) is 11.3 Å². The number of para-hydroxylation sites is 5. The van der Waals surface area contributed by atoms with Crippen molar-refractivity contribution in [1.29, 1.82) is 5.26 Å². The Hall–Kier alpha value is -10.4. The molecule has 76 heavy (non-hydrogen) atoms. The molecule has 15 rings (SSSR count). The third-order valence-corrected chi connectivity index (χ3v) is 16.0. The van der Waals surface area contributed by atoms with Crippen LogP contribution >= 0.6 is 11.3 Å². The Morgan fingerprint density at radius 2 is 0.934 bits per heavy atom. The van der Waals surface area contributed by atoms with Gasteiger partial charge in [-0.25, -0.2) is 4.85 Å². The Bertz CT molecular complexity index is 4770. The molecule has 0 spiro atoms. The number of nitrogens with zero attached hydrogens (tertiary/aromatic N) is 6. The van der Waals surface area contributed by atoms with Crippen LogP contribution in [0.2, 0.25) is 0 Å². The Kier molecular flexibility index (Phi) is 9.73. The fourth-order valence-electron chi connectivity index (χ4n) is 11.6. The SMILES string of the molecule is [C-]#[N+]c1cc(-n2c3ccc(N(c4ccccc4)c4ccccc4)cc3c3c4oc5ccccc5c4ccc32)c(C#N)cc1-n1c2ccc(N(c3ccccc3)c3ccccc3)cc2c2cc3c(cc21)sc1ccccc13. The van der Waals surface area contributed by atoms with E-state index >= 15 is 0 Å². The molecule has 0 fully saturated rings. The van der Waals surface area contributed by atoms with Gasteiger partial charge >= 0.3 is 0 Å². The topological polar surface area (TPSA) is 57.6 Å². The van der Waals surface area contributed by atoms with Crippen LogP contribution in [0.25, 0.3) is 102 Å². The summed E-state index contributed by atoms with van der Waals surface area (Å²) in [6.07, 6.45) is 0. The van der Waals surface area contributed by atoms with Gasteiger partial charge in [-0.05, 0) is 133 Å². The highest BCUT2D eigenvalue weighted by Crippen LogP contribution is 2.48. The molecular formula is C68H40N6OS. The first-order valence-corrected chi connectivity index (χ1v) is 26.0. The standard InChI is InChI=1S/C68H40N6OS/c1-70-57-40-61(73-59-34-31-49(72(46-22-10-4-11-23-46)47-24-12-5-13-25-47)38-56(59)67-60(73)35-32-52-50-26-14-16-28-64(50)75-68(52)67)43(42-69)36-63(57)74-58-33-30-48(71(44-18-6-2-7-19-44)45-20-8-3-9-21-45)37-53(58)54-39-55-51-27-15-17-29-65(51)76-66(55)41-62(54)74/h2-41H. The first-order valence-electron chi connectivity index (χ1n) is 25.2. The second-order valence-corrected chi connectivity index (χ2v) is 20.2. The lowest BCUT2D eigenvalue weighted by Crippen LogP contribution is -2.09. The molecule has 0 radical (unpaired) electrons. The molecule has 0 atom stereocenters. The molecule has 0 amide bonds.